The summed E-state index contributed by atoms with van der Waals surface area (Å²) in [5, 5.41) is -0.432. The molecule has 0 radical (unpaired) electrons. The van der Waals surface area contributed by atoms with E-state index in [1.54, 1.807) is 25.7 Å². The topological polar surface area (TPSA) is 48.9 Å². The molecule has 2 rings (SSSR count). The average molecular weight is 451 g/mol. The molecule has 6 nitrogen and oxygen atoms in total. The van der Waals surface area contributed by atoms with E-state index in [0.717, 1.165) is 13.0 Å². The fourth-order valence-electron chi connectivity index (χ4n) is 3.43. The fourth-order valence-corrected chi connectivity index (χ4v) is 3.64. The summed E-state index contributed by atoms with van der Waals surface area (Å²) >= 11 is 5.73. The minimum atomic E-state index is -4.64. The lowest BCUT2D eigenvalue weighted by atomic mass is 10.1. The van der Waals surface area contributed by atoms with Crippen LogP contribution in [0.25, 0.3) is 0 Å². The monoisotopic (exact) mass is 450 g/mol. The van der Waals surface area contributed by atoms with Crippen LogP contribution in [0.4, 0.5) is 23.8 Å². The van der Waals surface area contributed by atoms with Gasteiger partial charge in [-0.15, -0.1) is 0 Å². The number of nitrogens with zero attached hydrogens (tertiary/aromatic N) is 4. The van der Waals surface area contributed by atoms with Gasteiger partial charge in [0.1, 0.15) is 11.4 Å². The quantitative estimate of drug-likeness (QED) is 0.660. The number of hydrogen-bond acceptors (Lipinski definition) is 5. The first-order chi connectivity index (χ1) is 13.8. The van der Waals surface area contributed by atoms with Crippen LogP contribution in [0.15, 0.2) is 12.1 Å². The molecule has 1 aromatic heterocycles. The Bertz CT molecular complexity index is 740. The van der Waals surface area contributed by atoms with E-state index < -0.39 is 28.6 Å². The molecule has 1 unspecified atom stereocenters. The first-order valence-electron chi connectivity index (χ1n) is 9.98. The lowest BCUT2D eigenvalue weighted by Gasteiger charge is -2.43. The number of anilines is 1. The number of amides is 1. The summed E-state index contributed by atoms with van der Waals surface area (Å²) in [5.41, 5.74) is -1.72. The molecule has 0 spiro atoms. The van der Waals surface area contributed by atoms with Crippen molar-refractivity contribution in [2.24, 2.45) is 0 Å². The molecule has 10 heteroatoms. The van der Waals surface area contributed by atoms with Gasteiger partial charge in [0.05, 0.1) is 11.1 Å². The van der Waals surface area contributed by atoms with E-state index in [2.05, 4.69) is 16.8 Å². The molecule has 0 aromatic carbocycles. The van der Waals surface area contributed by atoms with Gasteiger partial charge in [-0.25, -0.2) is 9.78 Å². The maximum Gasteiger partial charge on any atom is 0.434 e. The van der Waals surface area contributed by atoms with Crippen LogP contribution >= 0.6 is 11.6 Å². The van der Waals surface area contributed by atoms with Crippen molar-refractivity contribution in [3.05, 3.63) is 22.8 Å². The fraction of sp³-hybridized carbons (Fsp3) is 0.700. The van der Waals surface area contributed by atoms with Gasteiger partial charge in [-0.1, -0.05) is 18.5 Å². The lowest BCUT2D eigenvalue weighted by molar-refractivity contribution is -0.141. The number of halogens is 4. The number of carbonyl (C=O) groups is 1. The van der Waals surface area contributed by atoms with Crippen LogP contribution in [-0.2, 0) is 10.9 Å². The Morgan fingerprint density at radius 1 is 1.30 bits per heavy atom. The maximum atomic E-state index is 13.3. The minimum Gasteiger partial charge on any atom is -0.444 e. The minimum absolute atomic E-state index is 0.200. The van der Waals surface area contributed by atoms with E-state index in [0.29, 0.717) is 26.2 Å². The van der Waals surface area contributed by atoms with Crippen LogP contribution in [0.1, 0.15) is 39.8 Å². The lowest BCUT2D eigenvalue weighted by Crippen LogP contribution is -2.59. The summed E-state index contributed by atoms with van der Waals surface area (Å²) < 4.78 is 45.3. The number of likely N-dealkylation sites (N-methyl/N-ethyl adjacent to an activating group) is 1. The first kappa shape index (κ1) is 24.5. The highest BCUT2D eigenvalue weighted by atomic mass is 35.5. The second-order valence-electron chi connectivity index (χ2n) is 8.53. The highest BCUT2D eigenvalue weighted by Crippen LogP contribution is 2.35. The molecule has 170 valence electrons. The predicted molar refractivity (Wildman–Crippen MR) is 111 cm³/mol. The highest BCUT2D eigenvalue weighted by Gasteiger charge is 2.38. The summed E-state index contributed by atoms with van der Waals surface area (Å²) in [6.45, 7) is 9.84. The number of rotatable bonds is 5. The summed E-state index contributed by atoms with van der Waals surface area (Å²) in [7, 11) is 1.95. The normalized spacial score (nSPS) is 18.1. The molecule has 0 N–H and O–H groups in total. The van der Waals surface area contributed by atoms with E-state index in [4.69, 9.17) is 16.3 Å². The van der Waals surface area contributed by atoms with Crippen LogP contribution in [0.2, 0.25) is 5.02 Å². The molecule has 1 aliphatic rings. The van der Waals surface area contributed by atoms with Gasteiger partial charge in [-0.3, -0.25) is 0 Å². The van der Waals surface area contributed by atoms with Crippen LogP contribution in [-0.4, -0.2) is 72.3 Å². The van der Waals surface area contributed by atoms with Gasteiger partial charge >= 0.3 is 12.3 Å². The zero-order valence-electron chi connectivity index (χ0n) is 18.1. The van der Waals surface area contributed by atoms with Crippen LogP contribution in [0.5, 0.6) is 0 Å². The standard InChI is InChI=1S/C20H30ClF3N4O2/c1-6-9-26(5)12-14-13-27(18(29)30-19(2,3)4)10-11-28(14)16-8-7-15(21)17(25-16)20(22,23)24/h7-8,14H,6,9-13H2,1-5H3. The van der Waals surface area contributed by atoms with Crippen LogP contribution < -0.4 is 4.90 Å². The van der Waals surface area contributed by atoms with Crippen LogP contribution in [0.3, 0.4) is 0 Å². The summed E-state index contributed by atoms with van der Waals surface area (Å²) in [6, 6.07) is 2.48. The van der Waals surface area contributed by atoms with E-state index in [1.165, 1.54) is 12.1 Å². The van der Waals surface area contributed by atoms with Crippen molar-refractivity contribution in [1.82, 2.24) is 14.8 Å². The number of aromatic nitrogens is 1. The zero-order chi connectivity index (χ0) is 22.7. The second kappa shape index (κ2) is 9.60. The third-order valence-corrected chi connectivity index (χ3v) is 4.96. The van der Waals surface area contributed by atoms with Crippen molar-refractivity contribution in [3.8, 4) is 0 Å². The summed E-state index contributed by atoms with van der Waals surface area (Å²) in [5.74, 6) is 0.200. The summed E-state index contributed by atoms with van der Waals surface area (Å²) in [4.78, 5) is 21.9. The first-order valence-corrected chi connectivity index (χ1v) is 10.4. The van der Waals surface area contributed by atoms with Gasteiger partial charge in [0.25, 0.3) is 0 Å². The molecule has 1 aliphatic heterocycles. The average Bonchev–Trinajstić information content (AvgIpc) is 2.60. The number of ether oxygens (including phenoxy) is 1. The Balaban J connectivity index is 2.29. The van der Waals surface area contributed by atoms with Crippen molar-refractivity contribution in [2.75, 3.05) is 44.7 Å². The van der Waals surface area contributed by atoms with Gasteiger partial charge in [-0.05, 0) is 52.9 Å². The van der Waals surface area contributed by atoms with Gasteiger partial charge in [0.2, 0.25) is 0 Å². The van der Waals surface area contributed by atoms with E-state index in [1.807, 2.05) is 11.9 Å². The smallest absolute Gasteiger partial charge is 0.434 e. The van der Waals surface area contributed by atoms with E-state index >= 15 is 0 Å². The number of alkyl halides is 3. The summed E-state index contributed by atoms with van der Waals surface area (Å²) in [6.07, 6.45) is -4.12. The van der Waals surface area contributed by atoms with Crippen molar-refractivity contribution in [3.63, 3.8) is 0 Å². The van der Waals surface area contributed by atoms with Gasteiger partial charge in [-0.2, -0.15) is 13.2 Å². The molecule has 0 saturated carbocycles. The number of carbonyl (C=O) groups excluding carboxylic acids is 1. The number of pyridine rings is 1. The highest BCUT2D eigenvalue weighted by molar-refractivity contribution is 6.31. The molecule has 1 amide bonds. The maximum absolute atomic E-state index is 13.3. The zero-order valence-corrected chi connectivity index (χ0v) is 18.8. The second-order valence-corrected chi connectivity index (χ2v) is 8.94. The van der Waals surface area contributed by atoms with Gasteiger partial charge in [0.15, 0.2) is 5.69 Å². The number of hydrogen-bond donors (Lipinski definition) is 0. The third kappa shape index (κ3) is 6.63. The Labute approximate surface area is 180 Å². The Kier molecular flexibility index (Phi) is 7.85. The molecular weight excluding hydrogens is 421 g/mol. The molecule has 1 saturated heterocycles. The Hall–Kier alpha value is -1.74. The molecule has 0 bridgehead atoms. The van der Waals surface area contributed by atoms with Crippen LogP contribution in [0, 0.1) is 0 Å². The van der Waals surface area contributed by atoms with Crippen molar-refractivity contribution >= 4 is 23.5 Å². The van der Waals surface area contributed by atoms with E-state index in [9.17, 15) is 18.0 Å². The predicted octanol–water partition coefficient (Wildman–Crippen LogP) is 4.52. The molecular formula is C20H30ClF3N4O2. The molecule has 1 atom stereocenters. The van der Waals surface area contributed by atoms with Gasteiger partial charge < -0.3 is 19.4 Å². The Morgan fingerprint density at radius 2 is 1.97 bits per heavy atom. The third-order valence-electron chi connectivity index (χ3n) is 4.66. The van der Waals surface area contributed by atoms with Crippen molar-refractivity contribution in [1.29, 1.82) is 0 Å². The number of piperazine rings is 1. The molecule has 1 aromatic rings. The Morgan fingerprint density at radius 3 is 2.53 bits per heavy atom. The van der Waals surface area contributed by atoms with Gasteiger partial charge in [0, 0.05) is 26.2 Å². The van der Waals surface area contributed by atoms with Crippen molar-refractivity contribution in [2.45, 2.75) is 51.9 Å². The van der Waals surface area contributed by atoms with Crippen molar-refractivity contribution < 1.29 is 22.7 Å². The SMILES string of the molecule is CCCN(C)CC1CN(C(=O)OC(C)(C)C)CCN1c1ccc(Cl)c(C(F)(F)F)n1. The molecule has 0 aliphatic carbocycles. The molecule has 30 heavy (non-hydrogen) atoms. The largest absolute Gasteiger partial charge is 0.444 e. The van der Waals surface area contributed by atoms with E-state index in [-0.39, 0.29) is 11.9 Å². The molecule has 1 fully saturated rings. The molecule has 2 heterocycles.